The summed E-state index contributed by atoms with van der Waals surface area (Å²) < 4.78 is 18.5. The first-order chi connectivity index (χ1) is 13.7. The Morgan fingerprint density at radius 2 is 1.83 bits per heavy atom. The van der Waals surface area contributed by atoms with Gasteiger partial charge in [0.15, 0.2) is 0 Å². The van der Waals surface area contributed by atoms with Crippen LogP contribution in [0, 0.1) is 5.82 Å². The summed E-state index contributed by atoms with van der Waals surface area (Å²) in [4.78, 5) is 26.0. The molecule has 29 heavy (non-hydrogen) atoms. The second-order valence-corrected chi connectivity index (χ2v) is 8.35. The molecule has 0 spiro atoms. The second kappa shape index (κ2) is 8.64. The topological polar surface area (TPSA) is 58.6 Å². The number of halogens is 1. The quantitative estimate of drug-likeness (QED) is 0.820. The normalized spacial score (nSPS) is 16.8. The number of nitrogens with zero attached hydrogens (tertiary/aromatic N) is 1. The Labute approximate surface area is 170 Å². The zero-order valence-electron chi connectivity index (χ0n) is 17.1. The molecule has 0 aliphatic carbocycles. The van der Waals surface area contributed by atoms with E-state index >= 15 is 0 Å². The van der Waals surface area contributed by atoms with Gasteiger partial charge in [-0.3, -0.25) is 4.79 Å². The highest BCUT2D eigenvalue weighted by atomic mass is 19.1. The number of hydrogen-bond acceptors (Lipinski definition) is 3. The zero-order chi connectivity index (χ0) is 21.0. The van der Waals surface area contributed by atoms with Crippen molar-refractivity contribution in [1.29, 1.82) is 0 Å². The van der Waals surface area contributed by atoms with Crippen molar-refractivity contribution in [3.63, 3.8) is 0 Å². The molecule has 0 aromatic heterocycles. The lowest BCUT2D eigenvalue weighted by atomic mass is 10.0. The molecule has 0 saturated carbocycles. The molecule has 2 aromatic carbocycles. The first-order valence-corrected chi connectivity index (χ1v) is 9.83. The number of hydrogen-bond donors (Lipinski definition) is 1. The van der Waals surface area contributed by atoms with Crippen LogP contribution in [0.5, 0.6) is 0 Å². The summed E-state index contributed by atoms with van der Waals surface area (Å²) in [5, 5.41) is 2.77. The summed E-state index contributed by atoms with van der Waals surface area (Å²) in [6.07, 6.45) is 1.28. The van der Waals surface area contributed by atoms with E-state index in [0.717, 1.165) is 29.7 Å². The van der Waals surface area contributed by atoms with Gasteiger partial charge in [0, 0.05) is 18.7 Å². The molecule has 5 nitrogen and oxygen atoms in total. The average molecular weight is 398 g/mol. The van der Waals surface area contributed by atoms with Crippen LogP contribution in [0.1, 0.15) is 38.3 Å². The Morgan fingerprint density at radius 3 is 2.48 bits per heavy atom. The van der Waals surface area contributed by atoms with Crippen LogP contribution >= 0.6 is 0 Å². The van der Waals surface area contributed by atoms with Gasteiger partial charge >= 0.3 is 6.09 Å². The maximum Gasteiger partial charge on any atom is 0.407 e. The third kappa shape index (κ3) is 6.04. The monoisotopic (exact) mass is 398 g/mol. The van der Waals surface area contributed by atoms with E-state index in [1.165, 1.54) is 6.07 Å². The van der Waals surface area contributed by atoms with Crippen molar-refractivity contribution in [3.8, 4) is 0 Å². The Hall–Kier alpha value is -2.89. The molecular weight excluding hydrogens is 371 g/mol. The summed E-state index contributed by atoms with van der Waals surface area (Å²) in [6, 6.07) is 14.1. The molecule has 1 heterocycles. The molecule has 0 unspecified atom stereocenters. The molecule has 1 aliphatic rings. The number of benzene rings is 2. The minimum absolute atomic E-state index is 0.0291. The van der Waals surface area contributed by atoms with Crippen LogP contribution in [0.15, 0.2) is 48.5 Å². The third-order valence-corrected chi connectivity index (χ3v) is 4.69. The number of rotatable bonds is 5. The van der Waals surface area contributed by atoms with Crippen LogP contribution in [0.2, 0.25) is 0 Å². The predicted octanol–water partition coefficient (Wildman–Crippen LogP) is 4.24. The zero-order valence-corrected chi connectivity index (χ0v) is 17.1. The molecule has 1 saturated heterocycles. The Balaban J connectivity index is 1.55. The van der Waals surface area contributed by atoms with Gasteiger partial charge in [-0.05, 0) is 69.0 Å². The minimum Gasteiger partial charge on any atom is -0.444 e. The lowest BCUT2D eigenvalue weighted by Gasteiger charge is -2.22. The van der Waals surface area contributed by atoms with E-state index in [-0.39, 0.29) is 24.2 Å². The van der Waals surface area contributed by atoms with Crippen molar-refractivity contribution in [3.05, 3.63) is 65.5 Å². The van der Waals surface area contributed by atoms with E-state index in [4.69, 9.17) is 4.74 Å². The van der Waals surface area contributed by atoms with Crippen LogP contribution in [0.4, 0.5) is 14.9 Å². The second-order valence-electron chi connectivity index (χ2n) is 8.35. The number of amides is 2. The van der Waals surface area contributed by atoms with Crippen molar-refractivity contribution in [2.24, 2.45) is 0 Å². The van der Waals surface area contributed by atoms with Crippen molar-refractivity contribution in [1.82, 2.24) is 5.32 Å². The fraction of sp³-hybridized carbons (Fsp3) is 0.391. The highest BCUT2D eigenvalue weighted by Gasteiger charge is 2.32. The fourth-order valence-electron chi connectivity index (χ4n) is 3.35. The van der Waals surface area contributed by atoms with E-state index in [1.54, 1.807) is 37.8 Å². The molecule has 0 radical (unpaired) electrons. The molecule has 2 aromatic rings. The fourth-order valence-corrected chi connectivity index (χ4v) is 3.35. The molecule has 3 rings (SSSR count). The van der Waals surface area contributed by atoms with Crippen LogP contribution in [0.3, 0.4) is 0 Å². The predicted molar refractivity (Wildman–Crippen MR) is 110 cm³/mol. The molecule has 0 bridgehead atoms. The number of nitrogens with one attached hydrogen (secondary N) is 1. The highest BCUT2D eigenvalue weighted by molar-refractivity contribution is 5.96. The number of carbonyl (C=O) groups is 2. The van der Waals surface area contributed by atoms with Crippen LogP contribution in [0.25, 0.3) is 0 Å². The lowest BCUT2D eigenvalue weighted by Crippen LogP contribution is -2.40. The number of carbonyl (C=O) groups excluding carboxylic acids is 2. The summed E-state index contributed by atoms with van der Waals surface area (Å²) >= 11 is 0. The average Bonchev–Trinajstić information content (AvgIpc) is 2.99. The smallest absolute Gasteiger partial charge is 0.407 e. The van der Waals surface area contributed by atoms with Gasteiger partial charge in [0.2, 0.25) is 5.91 Å². The highest BCUT2D eigenvalue weighted by Crippen LogP contribution is 2.23. The number of alkyl carbamates (subject to hydrolysis) is 1. The van der Waals surface area contributed by atoms with E-state index in [1.807, 2.05) is 30.3 Å². The van der Waals surface area contributed by atoms with Crippen molar-refractivity contribution in [2.45, 2.75) is 51.7 Å². The van der Waals surface area contributed by atoms with E-state index in [2.05, 4.69) is 5.32 Å². The largest absolute Gasteiger partial charge is 0.444 e. The van der Waals surface area contributed by atoms with E-state index < -0.39 is 11.7 Å². The van der Waals surface area contributed by atoms with Gasteiger partial charge < -0.3 is 15.0 Å². The first kappa shape index (κ1) is 20.8. The maximum absolute atomic E-state index is 13.3. The van der Waals surface area contributed by atoms with Crippen molar-refractivity contribution >= 4 is 17.7 Å². The molecule has 1 atom stereocenters. The van der Waals surface area contributed by atoms with E-state index in [9.17, 15) is 14.0 Å². The maximum atomic E-state index is 13.3. The molecule has 2 amide bonds. The van der Waals surface area contributed by atoms with Crippen molar-refractivity contribution in [2.75, 3.05) is 11.4 Å². The van der Waals surface area contributed by atoms with Gasteiger partial charge in [-0.25, -0.2) is 9.18 Å². The van der Waals surface area contributed by atoms with Crippen LogP contribution in [-0.4, -0.2) is 30.2 Å². The number of anilines is 1. The molecule has 154 valence electrons. The van der Waals surface area contributed by atoms with Gasteiger partial charge in [-0.1, -0.05) is 24.3 Å². The summed E-state index contributed by atoms with van der Waals surface area (Å²) in [5.74, 6) is -0.251. The van der Waals surface area contributed by atoms with Gasteiger partial charge in [-0.2, -0.15) is 0 Å². The first-order valence-electron chi connectivity index (χ1n) is 9.83. The lowest BCUT2D eigenvalue weighted by molar-refractivity contribution is -0.117. The van der Waals surface area contributed by atoms with E-state index in [0.29, 0.717) is 6.54 Å². The molecule has 6 heteroatoms. The van der Waals surface area contributed by atoms with Gasteiger partial charge in [0.05, 0.1) is 6.04 Å². The Bertz CT molecular complexity index is 874. The summed E-state index contributed by atoms with van der Waals surface area (Å²) in [5.41, 5.74) is 2.30. The molecular formula is C23H27FN2O3. The third-order valence-electron chi connectivity index (χ3n) is 4.69. The molecule has 1 aliphatic heterocycles. The minimum atomic E-state index is -0.576. The van der Waals surface area contributed by atoms with Gasteiger partial charge in [-0.15, -0.1) is 0 Å². The van der Waals surface area contributed by atoms with Gasteiger partial charge in [0.1, 0.15) is 11.4 Å². The summed E-state index contributed by atoms with van der Waals surface area (Å²) in [6.45, 7) is 5.82. The SMILES string of the molecule is CC(C)(C)OC(=O)N[C@@H]1CC(=O)N(c2ccc(CCc3cccc(F)c3)cc2)C1. The Kier molecular flexibility index (Phi) is 6.20. The molecule has 1 fully saturated rings. The standard InChI is InChI=1S/C23H27FN2O3/c1-23(2,3)29-22(28)25-19-14-21(27)26(15-19)20-11-9-16(10-12-20)7-8-17-5-4-6-18(24)13-17/h4-6,9-13,19H,7-8,14-15H2,1-3H3,(H,25,28)/t19-/m1/s1. The number of aryl methyl sites for hydroxylation is 2. The number of ether oxygens (including phenoxy) is 1. The van der Waals surface area contributed by atoms with Crippen LogP contribution in [-0.2, 0) is 22.4 Å². The van der Waals surface area contributed by atoms with Crippen LogP contribution < -0.4 is 10.2 Å². The van der Waals surface area contributed by atoms with Gasteiger partial charge in [0.25, 0.3) is 0 Å². The molecule has 1 N–H and O–H groups in total. The van der Waals surface area contributed by atoms with Crippen molar-refractivity contribution < 1.29 is 18.7 Å². The Morgan fingerprint density at radius 1 is 1.14 bits per heavy atom. The summed E-state index contributed by atoms with van der Waals surface area (Å²) in [7, 11) is 0.